The van der Waals surface area contributed by atoms with Crippen LogP contribution in [-0.2, 0) is 19.1 Å². The number of halogens is 1. The van der Waals surface area contributed by atoms with Crippen LogP contribution in [0.4, 0.5) is 22.7 Å². The van der Waals surface area contributed by atoms with Crippen molar-refractivity contribution in [2.24, 2.45) is 15.2 Å². The summed E-state index contributed by atoms with van der Waals surface area (Å²) in [5, 5.41) is 13.1. The van der Waals surface area contributed by atoms with Gasteiger partial charge in [0.15, 0.2) is 0 Å². The van der Waals surface area contributed by atoms with E-state index in [0.29, 0.717) is 36.2 Å². The van der Waals surface area contributed by atoms with Crippen LogP contribution in [0.25, 0.3) is 0 Å². The fourth-order valence-electron chi connectivity index (χ4n) is 4.75. The van der Waals surface area contributed by atoms with Crippen molar-refractivity contribution in [3.63, 3.8) is 0 Å². The molecule has 1 N–H and O–H groups in total. The van der Waals surface area contributed by atoms with Gasteiger partial charge in [0, 0.05) is 10.7 Å². The number of amides is 3. The Morgan fingerprint density at radius 1 is 0.708 bits per heavy atom. The van der Waals surface area contributed by atoms with E-state index in [1.165, 1.54) is 15.0 Å². The predicted molar refractivity (Wildman–Crippen MR) is 189 cm³/mol. The number of nitrogens with one attached hydrogen (secondary N) is 1. The molecule has 48 heavy (non-hydrogen) atoms. The van der Waals surface area contributed by atoms with Crippen molar-refractivity contribution in [3.8, 4) is 0 Å². The van der Waals surface area contributed by atoms with Crippen molar-refractivity contribution in [1.82, 2.24) is 5.43 Å². The lowest BCUT2D eigenvalue weighted by Gasteiger charge is -2.15. The third-order valence-electron chi connectivity index (χ3n) is 6.87. The van der Waals surface area contributed by atoms with Gasteiger partial charge in [-0.15, -0.1) is 5.10 Å². The summed E-state index contributed by atoms with van der Waals surface area (Å²) >= 11 is 5.82. The Bertz CT molecular complexity index is 1830. The lowest BCUT2D eigenvalue weighted by Crippen LogP contribution is -2.35. The third kappa shape index (κ3) is 8.92. The molecule has 0 bridgehead atoms. The van der Waals surface area contributed by atoms with Gasteiger partial charge in [0.25, 0.3) is 17.7 Å². The summed E-state index contributed by atoms with van der Waals surface area (Å²) in [6.07, 6.45) is 0.943. The minimum Gasteiger partial charge on any atom is -0.480 e. The molecule has 0 radical (unpaired) electrons. The number of rotatable bonds is 5. The van der Waals surface area contributed by atoms with Crippen molar-refractivity contribution in [3.05, 3.63) is 120 Å². The number of benzene rings is 4. The van der Waals surface area contributed by atoms with Gasteiger partial charge in [-0.25, -0.2) is 15.0 Å². The number of hydrazone groups is 2. The second-order valence-electron chi connectivity index (χ2n) is 10.6. The van der Waals surface area contributed by atoms with Gasteiger partial charge >= 0.3 is 0 Å². The lowest BCUT2D eigenvalue weighted by atomic mass is 10.3. The van der Waals surface area contributed by atoms with Crippen LogP contribution < -0.4 is 20.5 Å². The van der Waals surface area contributed by atoms with Crippen LogP contribution in [0.5, 0.6) is 0 Å². The minimum absolute atomic E-state index is 0.000816. The van der Waals surface area contributed by atoms with E-state index in [9.17, 15) is 14.4 Å². The van der Waals surface area contributed by atoms with Gasteiger partial charge in [0.1, 0.15) is 12.3 Å². The van der Waals surface area contributed by atoms with Crippen LogP contribution >= 0.6 is 11.6 Å². The molecule has 1 saturated heterocycles. The maximum absolute atomic E-state index is 12.0. The van der Waals surface area contributed by atoms with Crippen LogP contribution in [-0.4, -0.2) is 41.8 Å². The zero-order valence-electron chi connectivity index (χ0n) is 26.5. The Labute approximate surface area is 283 Å². The molecule has 11 nitrogen and oxygen atoms in total. The number of aliphatic imine (C=N–C) groups is 1. The Morgan fingerprint density at radius 3 is 1.90 bits per heavy atom. The molecule has 0 saturated carbocycles. The van der Waals surface area contributed by atoms with E-state index in [1.807, 2.05) is 111 Å². The first kappa shape index (κ1) is 33.6. The number of nitrogens with zero attached hydrogens (tertiary/aromatic N) is 6. The highest BCUT2D eigenvalue weighted by Gasteiger charge is 2.27. The van der Waals surface area contributed by atoms with E-state index < -0.39 is 0 Å². The number of hydrogen-bond donors (Lipinski definition) is 1. The molecule has 3 aliphatic rings. The number of hydrogen-bond acceptors (Lipinski definition) is 7. The number of hydrazine groups is 1. The predicted octanol–water partition coefficient (Wildman–Crippen LogP) is 6.88. The SMILES string of the molecule is CC1=NN(c2cccc(Cl)c2)C(=O)C1.CCOC1=NN(c2ccccc2)C(=O)C1.O=C1CC(=Nc2ccccc2)NN1c1ccccc1. The van der Waals surface area contributed by atoms with Crippen molar-refractivity contribution >= 4 is 69.5 Å². The highest BCUT2D eigenvalue weighted by Crippen LogP contribution is 2.24. The van der Waals surface area contributed by atoms with E-state index >= 15 is 0 Å². The summed E-state index contributed by atoms with van der Waals surface area (Å²) in [5.41, 5.74) is 7.03. The molecule has 7 rings (SSSR count). The van der Waals surface area contributed by atoms with Crippen molar-refractivity contribution in [2.45, 2.75) is 33.1 Å². The molecule has 0 aromatic heterocycles. The maximum atomic E-state index is 12.0. The molecule has 0 atom stereocenters. The molecule has 12 heteroatoms. The summed E-state index contributed by atoms with van der Waals surface area (Å²) in [6.45, 7) is 4.25. The van der Waals surface area contributed by atoms with E-state index in [2.05, 4.69) is 20.6 Å². The van der Waals surface area contributed by atoms with Crippen molar-refractivity contribution < 1.29 is 19.1 Å². The first-order valence-electron chi connectivity index (χ1n) is 15.3. The fraction of sp³-hybridized carbons (Fsp3) is 0.167. The second-order valence-corrected chi connectivity index (χ2v) is 11.0. The van der Waals surface area contributed by atoms with Crippen LogP contribution in [0, 0.1) is 0 Å². The van der Waals surface area contributed by atoms with Gasteiger partial charge in [0.05, 0.1) is 42.2 Å². The number of carbonyl (C=O) groups is 3. The fourth-order valence-corrected chi connectivity index (χ4v) is 4.94. The second kappa shape index (κ2) is 16.1. The molecule has 3 aliphatic heterocycles. The van der Waals surface area contributed by atoms with Gasteiger partial charge in [-0.2, -0.15) is 10.1 Å². The average Bonchev–Trinajstić information content (AvgIpc) is 3.77. The number of amidine groups is 1. The van der Waals surface area contributed by atoms with Crippen LogP contribution in [0.2, 0.25) is 5.02 Å². The van der Waals surface area contributed by atoms with Crippen molar-refractivity contribution in [1.29, 1.82) is 0 Å². The summed E-state index contributed by atoms with van der Waals surface area (Å²) in [6, 6.07) is 35.5. The number of anilines is 3. The molecule has 1 fully saturated rings. The highest BCUT2D eigenvalue weighted by molar-refractivity contribution is 6.31. The molecular weight excluding hydrogens is 630 g/mol. The molecule has 0 aliphatic carbocycles. The molecule has 3 heterocycles. The first-order valence-corrected chi connectivity index (χ1v) is 15.7. The largest absolute Gasteiger partial charge is 0.480 e. The van der Waals surface area contributed by atoms with Crippen LogP contribution in [0.3, 0.4) is 0 Å². The van der Waals surface area contributed by atoms with E-state index in [-0.39, 0.29) is 24.1 Å². The Morgan fingerprint density at radius 2 is 1.29 bits per heavy atom. The Kier molecular flexibility index (Phi) is 11.3. The third-order valence-corrected chi connectivity index (χ3v) is 7.11. The number of ether oxygens (including phenoxy) is 1. The van der Waals surface area contributed by atoms with Crippen molar-refractivity contribution in [2.75, 3.05) is 21.6 Å². The normalized spacial score (nSPS) is 16.1. The quantitative estimate of drug-likeness (QED) is 0.250. The van der Waals surface area contributed by atoms with Gasteiger partial charge < -0.3 is 4.74 Å². The van der Waals surface area contributed by atoms with E-state index in [1.54, 1.807) is 18.2 Å². The molecule has 0 spiro atoms. The minimum atomic E-state index is -0.0512. The molecule has 0 unspecified atom stereocenters. The molecular formula is C36H34ClN7O4. The monoisotopic (exact) mass is 663 g/mol. The topological polar surface area (TPSA) is 119 Å². The summed E-state index contributed by atoms with van der Waals surface area (Å²) in [4.78, 5) is 39.4. The lowest BCUT2D eigenvalue weighted by molar-refractivity contribution is -0.117. The zero-order valence-corrected chi connectivity index (χ0v) is 27.2. The molecule has 3 amide bonds. The number of para-hydroxylation sites is 3. The summed E-state index contributed by atoms with van der Waals surface area (Å²) < 4.78 is 5.21. The maximum Gasteiger partial charge on any atom is 0.256 e. The van der Waals surface area contributed by atoms with Gasteiger partial charge in [-0.3, -0.25) is 19.8 Å². The molecule has 244 valence electrons. The molecule has 4 aromatic rings. The van der Waals surface area contributed by atoms with E-state index in [0.717, 1.165) is 28.5 Å². The Hall–Kier alpha value is -5.81. The summed E-state index contributed by atoms with van der Waals surface area (Å²) in [7, 11) is 0. The first-order chi connectivity index (χ1) is 23.3. The Balaban J connectivity index is 0.000000143. The zero-order chi connectivity index (χ0) is 33.9. The number of carbonyl (C=O) groups excluding carboxylic acids is 3. The van der Waals surface area contributed by atoms with E-state index in [4.69, 9.17) is 16.3 Å². The van der Waals surface area contributed by atoms with Gasteiger partial charge in [-0.05, 0) is 68.4 Å². The summed E-state index contributed by atoms with van der Waals surface area (Å²) in [5.74, 6) is 1.10. The van der Waals surface area contributed by atoms with Gasteiger partial charge in [0.2, 0.25) is 5.90 Å². The van der Waals surface area contributed by atoms with Crippen LogP contribution in [0.15, 0.2) is 130 Å². The average molecular weight is 664 g/mol. The van der Waals surface area contributed by atoms with Gasteiger partial charge in [-0.1, -0.05) is 72.3 Å². The highest BCUT2D eigenvalue weighted by atomic mass is 35.5. The standard InChI is InChI=1S/C15H13N3O.C11H12N2O2.C10H9ClN2O/c19-15-11-14(16-12-7-3-1-4-8-12)17-18(15)13-9-5-2-6-10-13;1-2-15-10-8-11(14)13(12-10)9-6-4-3-5-7-9;1-7-5-10(14)13(12-7)9-4-2-3-8(11)6-9/h1-10H,11H2,(H,16,17);3-7H,2,8H2,1H3;2-4,6H,5H2,1H3. The van der Waals surface area contributed by atoms with Crippen LogP contribution in [0.1, 0.15) is 33.1 Å². The molecule has 4 aromatic carbocycles. The smallest absolute Gasteiger partial charge is 0.256 e.